The van der Waals surface area contributed by atoms with E-state index in [1.165, 1.54) is 0 Å². The van der Waals surface area contributed by atoms with Crippen molar-refractivity contribution < 1.29 is 18.4 Å². The first kappa shape index (κ1) is 19.8. The van der Waals surface area contributed by atoms with Gasteiger partial charge in [0.05, 0.1) is 23.0 Å². The molecule has 152 valence electrons. The molecule has 4 rings (SSSR count). The molecule has 0 N–H and O–H groups in total. The van der Waals surface area contributed by atoms with Crippen LogP contribution in [0.2, 0.25) is 0 Å². The van der Waals surface area contributed by atoms with Crippen molar-refractivity contribution in [2.24, 2.45) is 0 Å². The standard InChI is InChI=1S/C20H29BFN3O3/c1-19(2)20(3,4)28-21(27-19)18(22)14-7-9-25(10-8-14)17-12-15(23-13-24-17)16-6-5-11-26-16/h12-13,16H,5-11H2,1-4H3. The van der Waals surface area contributed by atoms with Crippen LogP contribution in [0.25, 0.3) is 0 Å². The molecule has 0 bridgehead atoms. The van der Waals surface area contributed by atoms with Gasteiger partial charge in [0.2, 0.25) is 0 Å². The second-order valence-electron chi connectivity index (χ2n) is 8.83. The minimum absolute atomic E-state index is 0.0721. The second-order valence-corrected chi connectivity index (χ2v) is 8.83. The third-order valence-corrected chi connectivity index (χ3v) is 6.42. The summed E-state index contributed by atoms with van der Waals surface area (Å²) >= 11 is 0. The van der Waals surface area contributed by atoms with E-state index in [1.807, 2.05) is 33.8 Å². The maximum Gasteiger partial charge on any atom is 0.525 e. The number of hydrogen-bond acceptors (Lipinski definition) is 6. The van der Waals surface area contributed by atoms with Crippen LogP contribution in [0.4, 0.5) is 10.2 Å². The first-order valence-electron chi connectivity index (χ1n) is 10.2. The summed E-state index contributed by atoms with van der Waals surface area (Å²) in [5.41, 5.74) is 0.391. The topological polar surface area (TPSA) is 56.7 Å². The van der Waals surface area contributed by atoms with Crippen molar-refractivity contribution in [2.75, 3.05) is 24.6 Å². The lowest BCUT2D eigenvalue weighted by Crippen LogP contribution is -2.41. The van der Waals surface area contributed by atoms with Crippen LogP contribution in [0.5, 0.6) is 0 Å². The maximum atomic E-state index is 15.0. The van der Waals surface area contributed by atoms with Gasteiger partial charge in [-0.1, -0.05) is 0 Å². The molecule has 3 fully saturated rings. The number of rotatable bonds is 3. The second kappa shape index (κ2) is 7.39. The molecule has 28 heavy (non-hydrogen) atoms. The Kier molecular flexibility index (Phi) is 5.23. The summed E-state index contributed by atoms with van der Waals surface area (Å²) in [6, 6.07) is 2.01. The van der Waals surface area contributed by atoms with E-state index in [4.69, 9.17) is 14.0 Å². The summed E-state index contributed by atoms with van der Waals surface area (Å²) in [6.45, 7) is 9.97. The van der Waals surface area contributed by atoms with Crippen molar-refractivity contribution in [2.45, 2.75) is 70.7 Å². The van der Waals surface area contributed by atoms with Gasteiger partial charge in [-0.05, 0) is 59.0 Å². The predicted molar refractivity (Wildman–Crippen MR) is 106 cm³/mol. The van der Waals surface area contributed by atoms with Gasteiger partial charge in [-0.2, -0.15) is 0 Å². The Morgan fingerprint density at radius 2 is 1.82 bits per heavy atom. The Balaban J connectivity index is 1.42. The molecule has 4 heterocycles. The molecule has 0 saturated carbocycles. The molecular weight excluding hydrogens is 360 g/mol. The number of anilines is 1. The summed E-state index contributed by atoms with van der Waals surface area (Å²) in [5.74, 6) is 0.885. The molecule has 3 saturated heterocycles. The smallest absolute Gasteiger partial charge is 0.398 e. The summed E-state index contributed by atoms with van der Waals surface area (Å²) in [6.07, 6.45) is 5.01. The van der Waals surface area contributed by atoms with Crippen molar-refractivity contribution in [1.29, 1.82) is 0 Å². The molecule has 1 aromatic rings. The Hall–Kier alpha value is -1.51. The van der Waals surface area contributed by atoms with Crippen LogP contribution in [0, 0.1) is 0 Å². The highest BCUT2D eigenvalue weighted by Crippen LogP contribution is 2.40. The van der Waals surface area contributed by atoms with E-state index < -0.39 is 18.3 Å². The first-order chi connectivity index (χ1) is 13.3. The van der Waals surface area contributed by atoms with Gasteiger partial charge in [-0.15, -0.1) is 0 Å². The summed E-state index contributed by atoms with van der Waals surface area (Å²) < 4.78 is 32.5. The highest BCUT2D eigenvalue weighted by atomic mass is 19.1. The highest BCUT2D eigenvalue weighted by Gasteiger charge is 2.53. The van der Waals surface area contributed by atoms with Crippen molar-refractivity contribution in [3.63, 3.8) is 0 Å². The van der Waals surface area contributed by atoms with Crippen LogP contribution in [0.1, 0.15) is 65.2 Å². The van der Waals surface area contributed by atoms with Crippen LogP contribution in [-0.2, 0) is 14.0 Å². The monoisotopic (exact) mass is 389 g/mol. The molecule has 0 spiro atoms. The van der Waals surface area contributed by atoms with E-state index in [-0.39, 0.29) is 11.8 Å². The zero-order chi connectivity index (χ0) is 19.9. The third-order valence-electron chi connectivity index (χ3n) is 6.42. The van der Waals surface area contributed by atoms with Crippen molar-refractivity contribution in [1.82, 2.24) is 9.97 Å². The Labute approximate surface area is 166 Å². The fraction of sp³-hybridized carbons (Fsp3) is 0.700. The minimum Gasteiger partial charge on any atom is -0.398 e. The molecule has 8 heteroatoms. The van der Waals surface area contributed by atoms with E-state index in [0.717, 1.165) is 36.5 Å². The van der Waals surface area contributed by atoms with Crippen LogP contribution < -0.4 is 4.90 Å². The average Bonchev–Trinajstić information content (AvgIpc) is 3.28. The molecule has 0 radical (unpaired) electrons. The lowest BCUT2D eigenvalue weighted by molar-refractivity contribution is 0.00578. The zero-order valence-corrected chi connectivity index (χ0v) is 17.2. The largest absolute Gasteiger partial charge is 0.525 e. The van der Waals surface area contributed by atoms with Gasteiger partial charge in [0.15, 0.2) is 0 Å². The molecule has 0 aliphatic carbocycles. The predicted octanol–water partition coefficient (Wildman–Crippen LogP) is 3.78. The van der Waals surface area contributed by atoms with Crippen molar-refractivity contribution >= 4 is 12.9 Å². The van der Waals surface area contributed by atoms with Gasteiger partial charge in [0.25, 0.3) is 0 Å². The number of aromatic nitrogens is 2. The molecule has 3 aliphatic heterocycles. The Morgan fingerprint density at radius 1 is 1.14 bits per heavy atom. The Morgan fingerprint density at radius 3 is 2.43 bits per heavy atom. The van der Waals surface area contributed by atoms with Crippen LogP contribution in [0.15, 0.2) is 23.7 Å². The quantitative estimate of drug-likeness (QED) is 0.734. The van der Waals surface area contributed by atoms with Crippen molar-refractivity contribution in [3.05, 3.63) is 29.4 Å². The number of piperidine rings is 1. The summed E-state index contributed by atoms with van der Waals surface area (Å²) in [7, 11) is -0.906. The number of ether oxygens (including phenoxy) is 1. The van der Waals surface area contributed by atoms with E-state index in [2.05, 4.69) is 14.9 Å². The molecular formula is C20H29BFN3O3. The van der Waals surface area contributed by atoms with E-state index in [0.29, 0.717) is 25.9 Å². The lowest BCUT2D eigenvalue weighted by Gasteiger charge is -2.32. The summed E-state index contributed by atoms with van der Waals surface area (Å²) in [5, 5.41) is 0. The van der Waals surface area contributed by atoms with Gasteiger partial charge < -0.3 is 18.9 Å². The number of halogens is 1. The number of nitrogens with zero attached hydrogens (tertiary/aromatic N) is 3. The van der Waals surface area contributed by atoms with Crippen LogP contribution in [0.3, 0.4) is 0 Å². The Bertz CT molecular complexity index is 739. The average molecular weight is 389 g/mol. The van der Waals surface area contributed by atoms with Crippen LogP contribution in [-0.4, -0.2) is 48.0 Å². The van der Waals surface area contributed by atoms with E-state index in [1.54, 1.807) is 6.33 Å². The number of hydrogen-bond donors (Lipinski definition) is 0. The molecule has 3 aliphatic rings. The van der Waals surface area contributed by atoms with Crippen molar-refractivity contribution in [3.8, 4) is 0 Å². The van der Waals surface area contributed by atoms with Gasteiger partial charge in [0.1, 0.15) is 17.9 Å². The first-order valence-corrected chi connectivity index (χ1v) is 10.2. The van der Waals surface area contributed by atoms with Gasteiger partial charge in [0, 0.05) is 25.8 Å². The fourth-order valence-corrected chi connectivity index (χ4v) is 3.88. The molecule has 0 aromatic carbocycles. The molecule has 1 aromatic heterocycles. The van der Waals surface area contributed by atoms with Gasteiger partial charge >= 0.3 is 7.12 Å². The normalized spacial score (nSPS) is 26.8. The summed E-state index contributed by atoms with van der Waals surface area (Å²) in [4.78, 5) is 11.0. The lowest BCUT2D eigenvalue weighted by atomic mass is 9.82. The van der Waals surface area contributed by atoms with Gasteiger partial charge in [-0.3, -0.25) is 0 Å². The molecule has 1 atom stereocenters. The van der Waals surface area contributed by atoms with Gasteiger partial charge in [-0.25, -0.2) is 14.4 Å². The highest BCUT2D eigenvalue weighted by molar-refractivity contribution is 6.53. The zero-order valence-electron chi connectivity index (χ0n) is 17.2. The fourth-order valence-electron chi connectivity index (χ4n) is 3.88. The minimum atomic E-state index is -0.906. The molecule has 1 unspecified atom stereocenters. The van der Waals surface area contributed by atoms with Crippen LogP contribution >= 0.6 is 0 Å². The third kappa shape index (κ3) is 3.69. The van der Waals surface area contributed by atoms with E-state index in [9.17, 15) is 0 Å². The molecule has 6 nitrogen and oxygen atoms in total. The SMILES string of the molecule is CC1(C)OB(C(F)=C2CCN(c3cc(C4CCCO4)ncn3)CC2)OC1(C)C. The van der Waals surface area contributed by atoms with E-state index >= 15 is 4.39 Å². The maximum absolute atomic E-state index is 15.0. The molecule has 0 amide bonds.